The van der Waals surface area contributed by atoms with Gasteiger partial charge in [-0.25, -0.2) is 0 Å². The second kappa shape index (κ2) is 7.44. The monoisotopic (exact) mass is 339 g/mol. The molecule has 6 heteroatoms. The summed E-state index contributed by atoms with van der Waals surface area (Å²) in [5.41, 5.74) is 2.84. The SMILES string of the molecule is Cc1ccc(CN2CCN(C(=O)c3cccc([N+](=O)[O-])c3)CC2)cc1. The largest absolute Gasteiger partial charge is 0.336 e. The van der Waals surface area contributed by atoms with Gasteiger partial charge in [0.1, 0.15) is 0 Å². The molecule has 6 nitrogen and oxygen atoms in total. The maximum atomic E-state index is 12.6. The zero-order valence-electron chi connectivity index (χ0n) is 14.2. The highest BCUT2D eigenvalue weighted by atomic mass is 16.6. The van der Waals surface area contributed by atoms with Gasteiger partial charge in [-0.15, -0.1) is 0 Å². The van der Waals surface area contributed by atoms with Crippen LogP contribution in [0.25, 0.3) is 0 Å². The number of hydrogen-bond acceptors (Lipinski definition) is 4. The summed E-state index contributed by atoms with van der Waals surface area (Å²) in [6, 6.07) is 14.4. The molecule has 0 aliphatic carbocycles. The van der Waals surface area contributed by atoms with Crippen molar-refractivity contribution in [3.63, 3.8) is 0 Å². The van der Waals surface area contributed by atoms with Gasteiger partial charge in [-0.1, -0.05) is 35.9 Å². The van der Waals surface area contributed by atoms with E-state index in [0.717, 1.165) is 19.6 Å². The lowest BCUT2D eigenvalue weighted by Crippen LogP contribution is -2.48. The number of hydrogen-bond donors (Lipinski definition) is 0. The van der Waals surface area contributed by atoms with Gasteiger partial charge < -0.3 is 4.90 Å². The first-order valence-corrected chi connectivity index (χ1v) is 8.34. The Hall–Kier alpha value is -2.73. The standard InChI is InChI=1S/C19H21N3O3/c1-15-5-7-16(8-6-15)14-20-9-11-21(12-10-20)19(23)17-3-2-4-18(13-17)22(24)25/h2-8,13H,9-12,14H2,1H3. The molecule has 2 aromatic carbocycles. The van der Waals surface area contributed by atoms with Gasteiger partial charge in [0.25, 0.3) is 11.6 Å². The first kappa shape index (κ1) is 17.1. The molecular formula is C19H21N3O3. The van der Waals surface area contributed by atoms with Gasteiger partial charge in [-0.2, -0.15) is 0 Å². The van der Waals surface area contributed by atoms with Crippen molar-refractivity contribution in [3.8, 4) is 0 Å². The summed E-state index contributed by atoms with van der Waals surface area (Å²) in [6.07, 6.45) is 0. The van der Waals surface area contributed by atoms with Gasteiger partial charge in [0.15, 0.2) is 0 Å². The topological polar surface area (TPSA) is 66.7 Å². The van der Waals surface area contributed by atoms with Crippen molar-refractivity contribution in [1.29, 1.82) is 0 Å². The van der Waals surface area contributed by atoms with Crippen molar-refractivity contribution in [3.05, 3.63) is 75.3 Å². The number of aryl methyl sites for hydroxylation is 1. The van der Waals surface area contributed by atoms with Crippen LogP contribution in [-0.2, 0) is 6.54 Å². The summed E-state index contributed by atoms with van der Waals surface area (Å²) >= 11 is 0. The second-order valence-electron chi connectivity index (χ2n) is 6.36. The van der Waals surface area contributed by atoms with E-state index in [4.69, 9.17) is 0 Å². The molecule has 1 fully saturated rings. The fraction of sp³-hybridized carbons (Fsp3) is 0.316. The maximum absolute atomic E-state index is 12.6. The van der Waals surface area contributed by atoms with E-state index in [2.05, 4.69) is 36.1 Å². The summed E-state index contributed by atoms with van der Waals surface area (Å²) in [5, 5.41) is 10.9. The molecule has 0 radical (unpaired) electrons. The van der Waals surface area contributed by atoms with Gasteiger partial charge in [0.05, 0.1) is 4.92 Å². The summed E-state index contributed by atoms with van der Waals surface area (Å²) in [5.74, 6) is -0.140. The fourth-order valence-corrected chi connectivity index (χ4v) is 3.00. The normalized spacial score (nSPS) is 15.2. The van der Waals surface area contributed by atoms with Crippen LogP contribution in [-0.4, -0.2) is 46.8 Å². The maximum Gasteiger partial charge on any atom is 0.270 e. The molecule has 1 aliphatic rings. The molecule has 0 saturated carbocycles. The number of piperazine rings is 1. The number of amides is 1. The van der Waals surface area contributed by atoms with Crippen molar-refractivity contribution in [2.75, 3.05) is 26.2 Å². The highest BCUT2D eigenvalue weighted by Crippen LogP contribution is 2.16. The Bertz CT molecular complexity index is 766. The average Bonchev–Trinajstić information content (AvgIpc) is 2.64. The third kappa shape index (κ3) is 4.22. The predicted molar refractivity (Wildman–Crippen MR) is 95.5 cm³/mol. The number of rotatable bonds is 4. The second-order valence-corrected chi connectivity index (χ2v) is 6.36. The highest BCUT2D eigenvalue weighted by molar-refractivity contribution is 5.94. The van der Waals surface area contributed by atoms with E-state index in [9.17, 15) is 14.9 Å². The number of carbonyl (C=O) groups excluding carboxylic acids is 1. The summed E-state index contributed by atoms with van der Waals surface area (Å²) in [7, 11) is 0. The smallest absolute Gasteiger partial charge is 0.270 e. The van der Waals surface area contributed by atoms with Gasteiger partial charge >= 0.3 is 0 Å². The van der Waals surface area contributed by atoms with Crippen LogP contribution in [0.5, 0.6) is 0 Å². The molecule has 0 atom stereocenters. The predicted octanol–water partition coefficient (Wildman–Crippen LogP) is 2.86. The Morgan fingerprint density at radius 2 is 1.76 bits per heavy atom. The van der Waals surface area contributed by atoms with Crippen LogP contribution in [0.1, 0.15) is 21.5 Å². The number of carbonyl (C=O) groups is 1. The van der Waals surface area contributed by atoms with E-state index in [1.54, 1.807) is 17.0 Å². The Kier molecular flexibility index (Phi) is 5.09. The first-order chi connectivity index (χ1) is 12.0. The quantitative estimate of drug-likeness (QED) is 0.634. The fourth-order valence-electron chi connectivity index (χ4n) is 3.00. The Morgan fingerprint density at radius 1 is 1.08 bits per heavy atom. The van der Waals surface area contributed by atoms with Gasteiger partial charge in [0, 0.05) is 50.4 Å². The van der Waals surface area contributed by atoms with Crippen LogP contribution in [0.15, 0.2) is 48.5 Å². The van der Waals surface area contributed by atoms with Gasteiger partial charge in [0.2, 0.25) is 0 Å². The molecule has 2 aromatic rings. The zero-order valence-corrected chi connectivity index (χ0v) is 14.2. The Morgan fingerprint density at radius 3 is 2.40 bits per heavy atom. The van der Waals surface area contributed by atoms with Crippen LogP contribution in [0, 0.1) is 17.0 Å². The van der Waals surface area contributed by atoms with Gasteiger partial charge in [-0.05, 0) is 18.6 Å². The van der Waals surface area contributed by atoms with Crippen LogP contribution < -0.4 is 0 Å². The van der Waals surface area contributed by atoms with Crippen LogP contribution >= 0.6 is 0 Å². The Labute approximate surface area is 146 Å². The molecular weight excluding hydrogens is 318 g/mol. The lowest BCUT2D eigenvalue weighted by Gasteiger charge is -2.34. The van der Waals surface area contributed by atoms with Crippen molar-refractivity contribution >= 4 is 11.6 Å². The summed E-state index contributed by atoms with van der Waals surface area (Å²) in [4.78, 5) is 27.0. The molecule has 25 heavy (non-hydrogen) atoms. The van der Waals surface area contributed by atoms with Crippen LogP contribution in [0.3, 0.4) is 0 Å². The number of benzene rings is 2. The zero-order chi connectivity index (χ0) is 17.8. The molecule has 0 bridgehead atoms. The minimum Gasteiger partial charge on any atom is -0.336 e. The van der Waals surface area contributed by atoms with Crippen molar-refractivity contribution in [2.45, 2.75) is 13.5 Å². The van der Waals surface area contributed by atoms with Crippen molar-refractivity contribution < 1.29 is 9.72 Å². The summed E-state index contributed by atoms with van der Waals surface area (Å²) < 4.78 is 0. The molecule has 130 valence electrons. The third-order valence-electron chi connectivity index (χ3n) is 4.49. The summed E-state index contributed by atoms with van der Waals surface area (Å²) in [6.45, 7) is 5.81. The van der Waals surface area contributed by atoms with Crippen molar-refractivity contribution in [1.82, 2.24) is 9.80 Å². The molecule has 0 N–H and O–H groups in total. The van der Waals surface area contributed by atoms with E-state index in [1.807, 2.05) is 0 Å². The number of nitrogens with zero attached hydrogens (tertiary/aromatic N) is 3. The minimum absolute atomic E-state index is 0.0520. The lowest BCUT2D eigenvalue weighted by atomic mass is 10.1. The van der Waals surface area contributed by atoms with E-state index in [1.165, 1.54) is 23.3 Å². The third-order valence-corrected chi connectivity index (χ3v) is 4.49. The Balaban J connectivity index is 1.58. The van der Waals surface area contributed by atoms with Gasteiger partial charge in [-0.3, -0.25) is 19.8 Å². The van der Waals surface area contributed by atoms with E-state index < -0.39 is 4.92 Å². The van der Waals surface area contributed by atoms with Crippen molar-refractivity contribution in [2.24, 2.45) is 0 Å². The average molecular weight is 339 g/mol. The number of non-ortho nitro benzene ring substituents is 1. The van der Waals surface area contributed by atoms with Crippen LogP contribution in [0.4, 0.5) is 5.69 Å². The van der Waals surface area contributed by atoms with E-state index in [-0.39, 0.29) is 11.6 Å². The molecule has 1 saturated heterocycles. The molecule has 1 amide bonds. The van der Waals surface area contributed by atoms with E-state index in [0.29, 0.717) is 18.7 Å². The molecule has 0 unspecified atom stereocenters. The molecule has 1 aliphatic heterocycles. The molecule has 0 aromatic heterocycles. The highest BCUT2D eigenvalue weighted by Gasteiger charge is 2.23. The number of nitro groups is 1. The molecule has 3 rings (SSSR count). The first-order valence-electron chi connectivity index (χ1n) is 8.34. The number of nitro benzene ring substituents is 1. The molecule has 1 heterocycles. The molecule has 0 spiro atoms. The minimum atomic E-state index is -0.476. The van der Waals surface area contributed by atoms with E-state index >= 15 is 0 Å². The lowest BCUT2D eigenvalue weighted by molar-refractivity contribution is -0.384. The van der Waals surface area contributed by atoms with Crippen LogP contribution in [0.2, 0.25) is 0 Å².